The van der Waals surface area contributed by atoms with Gasteiger partial charge in [-0.15, -0.1) is 0 Å². The SMILES string of the molecule is COCc1ccccc1NC(C)C#N. The van der Waals surface area contributed by atoms with Gasteiger partial charge in [-0.1, -0.05) is 18.2 Å². The van der Waals surface area contributed by atoms with Crippen molar-refractivity contribution in [2.24, 2.45) is 0 Å². The number of hydrogen-bond acceptors (Lipinski definition) is 3. The number of rotatable bonds is 4. The first-order valence-electron chi connectivity index (χ1n) is 4.51. The summed E-state index contributed by atoms with van der Waals surface area (Å²) < 4.78 is 5.06. The third kappa shape index (κ3) is 2.75. The molecule has 0 aliphatic rings. The molecular weight excluding hydrogens is 176 g/mol. The molecule has 3 nitrogen and oxygen atoms in total. The van der Waals surface area contributed by atoms with Gasteiger partial charge in [0.05, 0.1) is 12.7 Å². The van der Waals surface area contributed by atoms with Crippen LogP contribution in [-0.4, -0.2) is 13.2 Å². The summed E-state index contributed by atoms with van der Waals surface area (Å²) in [4.78, 5) is 0. The summed E-state index contributed by atoms with van der Waals surface area (Å²) in [5, 5.41) is 11.8. The first kappa shape index (κ1) is 10.6. The smallest absolute Gasteiger partial charge is 0.111 e. The number of nitrogens with one attached hydrogen (secondary N) is 1. The van der Waals surface area contributed by atoms with Crippen molar-refractivity contribution in [3.8, 4) is 6.07 Å². The molecule has 0 radical (unpaired) electrons. The van der Waals surface area contributed by atoms with Crippen molar-refractivity contribution in [2.75, 3.05) is 12.4 Å². The number of benzene rings is 1. The lowest BCUT2D eigenvalue weighted by molar-refractivity contribution is 0.185. The summed E-state index contributed by atoms with van der Waals surface area (Å²) >= 11 is 0. The Morgan fingerprint density at radius 1 is 1.50 bits per heavy atom. The van der Waals surface area contributed by atoms with Crippen molar-refractivity contribution < 1.29 is 4.74 Å². The number of nitrogens with zero attached hydrogens (tertiary/aromatic N) is 1. The highest BCUT2D eigenvalue weighted by atomic mass is 16.5. The minimum absolute atomic E-state index is 0.187. The van der Waals surface area contributed by atoms with Gasteiger partial charge in [-0.25, -0.2) is 0 Å². The molecule has 0 fully saturated rings. The third-order valence-electron chi connectivity index (χ3n) is 1.88. The summed E-state index contributed by atoms with van der Waals surface area (Å²) in [7, 11) is 1.66. The van der Waals surface area contributed by atoms with E-state index in [1.807, 2.05) is 31.2 Å². The first-order valence-corrected chi connectivity index (χ1v) is 4.51. The van der Waals surface area contributed by atoms with E-state index in [4.69, 9.17) is 10.00 Å². The number of ether oxygens (including phenoxy) is 1. The quantitative estimate of drug-likeness (QED) is 0.791. The van der Waals surface area contributed by atoms with Crippen molar-refractivity contribution in [3.05, 3.63) is 29.8 Å². The Kier molecular flexibility index (Phi) is 3.96. The Morgan fingerprint density at radius 2 is 2.21 bits per heavy atom. The van der Waals surface area contributed by atoms with Gasteiger partial charge in [-0.05, 0) is 13.0 Å². The predicted octanol–water partition coefficient (Wildman–Crippen LogP) is 2.16. The van der Waals surface area contributed by atoms with E-state index in [9.17, 15) is 0 Å². The molecule has 0 heterocycles. The lowest BCUT2D eigenvalue weighted by Crippen LogP contribution is -2.13. The Balaban J connectivity index is 2.79. The Hall–Kier alpha value is -1.53. The molecule has 3 heteroatoms. The number of nitriles is 1. The fourth-order valence-electron chi connectivity index (χ4n) is 1.21. The molecule has 0 saturated heterocycles. The molecule has 1 N–H and O–H groups in total. The summed E-state index contributed by atoms with van der Waals surface area (Å²) in [5.74, 6) is 0. The zero-order chi connectivity index (χ0) is 10.4. The molecule has 0 amide bonds. The van der Waals surface area contributed by atoms with Gasteiger partial charge in [0.15, 0.2) is 0 Å². The maximum Gasteiger partial charge on any atom is 0.111 e. The Bertz CT molecular complexity index is 330. The van der Waals surface area contributed by atoms with Crippen LogP contribution < -0.4 is 5.32 Å². The van der Waals surface area contributed by atoms with Crippen LogP contribution in [0.4, 0.5) is 5.69 Å². The fourth-order valence-corrected chi connectivity index (χ4v) is 1.21. The van der Waals surface area contributed by atoms with Gasteiger partial charge in [0.1, 0.15) is 6.04 Å². The highest BCUT2D eigenvalue weighted by Crippen LogP contribution is 2.16. The van der Waals surface area contributed by atoms with Gasteiger partial charge >= 0.3 is 0 Å². The Labute approximate surface area is 84.3 Å². The van der Waals surface area contributed by atoms with E-state index in [2.05, 4.69) is 11.4 Å². The molecule has 0 aliphatic carbocycles. The number of para-hydroxylation sites is 1. The van der Waals surface area contributed by atoms with Crippen molar-refractivity contribution in [2.45, 2.75) is 19.6 Å². The van der Waals surface area contributed by atoms with Gasteiger partial charge in [-0.2, -0.15) is 5.26 Å². The second-order valence-electron chi connectivity index (χ2n) is 3.09. The van der Waals surface area contributed by atoms with Crippen LogP contribution >= 0.6 is 0 Å². The minimum atomic E-state index is -0.187. The van der Waals surface area contributed by atoms with Crippen molar-refractivity contribution in [1.82, 2.24) is 0 Å². The number of hydrogen-bond donors (Lipinski definition) is 1. The number of methoxy groups -OCH3 is 1. The van der Waals surface area contributed by atoms with Crippen LogP contribution in [0.2, 0.25) is 0 Å². The van der Waals surface area contributed by atoms with E-state index in [1.165, 1.54) is 0 Å². The summed E-state index contributed by atoms with van der Waals surface area (Å²) in [6.45, 7) is 2.38. The van der Waals surface area contributed by atoms with Crippen LogP contribution in [-0.2, 0) is 11.3 Å². The maximum atomic E-state index is 8.67. The van der Waals surface area contributed by atoms with E-state index in [-0.39, 0.29) is 6.04 Å². The monoisotopic (exact) mass is 190 g/mol. The van der Waals surface area contributed by atoms with Crippen molar-refractivity contribution in [1.29, 1.82) is 5.26 Å². The van der Waals surface area contributed by atoms with Gasteiger partial charge in [0, 0.05) is 18.4 Å². The molecule has 14 heavy (non-hydrogen) atoms. The van der Waals surface area contributed by atoms with Crippen molar-refractivity contribution >= 4 is 5.69 Å². The molecule has 74 valence electrons. The molecule has 1 aromatic carbocycles. The molecule has 0 aliphatic heterocycles. The van der Waals surface area contributed by atoms with Crippen LogP contribution in [0.3, 0.4) is 0 Å². The molecule has 1 unspecified atom stereocenters. The fraction of sp³-hybridized carbons (Fsp3) is 0.364. The summed E-state index contributed by atoms with van der Waals surface area (Å²) in [6.07, 6.45) is 0. The zero-order valence-corrected chi connectivity index (χ0v) is 8.45. The van der Waals surface area contributed by atoms with E-state index in [0.29, 0.717) is 6.61 Å². The van der Waals surface area contributed by atoms with Gasteiger partial charge in [-0.3, -0.25) is 0 Å². The van der Waals surface area contributed by atoms with Gasteiger partial charge < -0.3 is 10.1 Å². The predicted molar refractivity (Wildman–Crippen MR) is 55.9 cm³/mol. The van der Waals surface area contributed by atoms with Crippen LogP contribution in [0.5, 0.6) is 0 Å². The zero-order valence-electron chi connectivity index (χ0n) is 8.45. The molecule has 1 rings (SSSR count). The second-order valence-corrected chi connectivity index (χ2v) is 3.09. The Morgan fingerprint density at radius 3 is 2.86 bits per heavy atom. The van der Waals surface area contributed by atoms with Crippen LogP contribution in [0.15, 0.2) is 24.3 Å². The summed E-state index contributed by atoms with van der Waals surface area (Å²) in [5.41, 5.74) is 2.03. The molecule has 0 aromatic heterocycles. The number of anilines is 1. The van der Waals surface area contributed by atoms with E-state index < -0.39 is 0 Å². The average molecular weight is 190 g/mol. The van der Waals surface area contributed by atoms with Crippen molar-refractivity contribution in [3.63, 3.8) is 0 Å². The topological polar surface area (TPSA) is 45.0 Å². The average Bonchev–Trinajstić information content (AvgIpc) is 2.21. The molecule has 0 bridgehead atoms. The van der Waals surface area contributed by atoms with E-state index in [1.54, 1.807) is 7.11 Å². The third-order valence-corrected chi connectivity index (χ3v) is 1.88. The largest absolute Gasteiger partial charge is 0.380 e. The lowest BCUT2D eigenvalue weighted by Gasteiger charge is -2.12. The summed E-state index contributed by atoms with van der Waals surface area (Å²) in [6, 6.07) is 9.76. The highest BCUT2D eigenvalue weighted by Gasteiger charge is 2.03. The van der Waals surface area contributed by atoms with E-state index >= 15 is 0 Å². The van der Waals surface area contributed by atoms with E-state index in [0.717, 1.165) is 11.3 Å². The van der Waals surface area contributed by atoms with Gasteiger partial charge in [0.25, 0.3) is 0 Å². The second kappa shape index (κ2) is 5.25. The first-order chi connectivity index (χ1) is 6.77. The molecule has 1 atom stereocenters. The van der Waals surface area contributed by atoms with Crippen LogP contribution in [0.1, 0.15) is 12.5 Å². The molecule has 0 spiro atoms. The maximum absolute atomic E-state index is 8.67. The normalized spacial score (nSPS) is 11.8. The molecular formula is C11H14N2O. The standard InChI is InChI=1S/C11H14N2O/c1-9(7-12)13-11-6-4-3-5-10(11)8-14-2/h3-6,9,13H,8H2,1-2H3. The molecule has 1 aromatic rings. The van der Waals surface area contributed by atoms with Crippen LogP contribution in [0.25, 0.3) is 0 Å². The molecule has 0 saturated carbocycles. The lowest BCUT2D eigenvalue weighted by atomic mass is 10.2. The minimum Gasteiger partial charge on any atom is -0.380 e. The van der Waals surface area contributed by atoms with Gasteiger partial charge in [0.2, 0.25) is 0 Å². The van der Waals surface area contributed by atoms with Crippen LogP contribution in [0, 0.1) is 11.3 Å². The highest BCUT2D eigenvalue weighted by molar-refractivity contribution is 5.52.